The molecule has 34 heavy (non-hydrogen) atoms. The number of ether oxygens (including phenoxy) is 3. The third-order valence-electron chi connectivity index (χ3n) is 7.87. The fraction of sp³-hybridized carbons (Fsp3) is 0.571. The molecule has 186 valence electrons. The van der Waals surface area contributed by atoms with Crippen LogP contribution in [0.25, 0.3) is 0 Å². The van der Waals surface area contributed by atoms with Gasteiger partial charge in [0.2, 0.25) is 0 Å². The molecule has 0 spiro atoms. The SMILES string of the molecule is CC=C(C)C(=O)OC1CC(O)(C(C)C)C2C(OC(=O)c3ccc(OC)cc3)CC(C)=CCC12C. The lowest BCUT2D eigenvalue weighted by atomic mass is 9.67. The zero-order valence-corrected chi connectivity index (χ0v) is 21.4. The van der Waals surface area contributed by atoms with Crippen molar-refractivity contribution in [1.82, 2.24) is 0 Å². The van der Waals surface area contributed by atoms with Crippen LogP contribution in [0.5, 0.6) is 5.75 Å². The van der Waals surface area contributed by atoms with E-state index in [-0.39, 0.29) is 11.9 Å². The maximum atomic E-state index is 13.1. The van der Waals surface area contributed by atoms with E-state index >= 15 is 0 Å². The molecular formula is C28H38O6. The summed E-state index contributed by atoms with van der Waals surface area (Å²) in [4.78, 5) is 25.8. The Morgan fingerprint density at radius 1 is 1.18 bits per heavy atom. The molecule has 0 radical (unpaired) electrons. The Bertz CT molecular complexity index is 975. The average Bonchev–Trinajstić information content (AvgIpc) is 2.94. The Morgan fingerprint density at radius 3 is 2.38 bits per heavy atom. The lowest BCUT2D eigenvalue weighted by Gasteiger charge is -2.43. The summed E-state index contributed by atoms with van der Waals surface area (Å²) in [6.45, 7) is 11.5. The van der Waals surface area contributed by atoms with Crippen LogP contribution in [0.2, 0.25) is 0 Å². The van der Waals surface area contributed by atoms with Crippen LogP contribution in [0, 0.1) is 17.3 Å². The Morgan fingerprint density at radius 2 is 1.82 bits per heavy atom. The van der Waals surface area contributed by atoms with Crippen LogP contribution in [0.1, 0.15) is 71.2 Å². The number of rotatable bonds is 6. The number of carbonyl (C=O) groups is 2. The second-order valence-electron chi connectivity index (χ2n) is 10.3. The van der Waals surface area contributed by atoms with Crippen molar-refractivity contribution in [3.8, 4) is 5.75 Å². The molecule has 0 aromatic heterocycles. The van der Waals surface area contributed by atoms with Crippen molar-refractivity contribution < 1.29 is 28.9 Å². The second-order valence-corrected chi connectivity index (χ2v) is 10.3. The van der Waals surface area contributed by atoms with Crippen LogP contribution in [0.3, 0.4) is 0 Å². The van der Waals surface area contributed by atoms with Gasteiger partial charge in [0.25, 0.3) is 0 Å². The molecule has 3 rings (SSSR count). The number of fused-ring (bicyclic) bond motifs is 1. The lowest BCUT2D eigenvalue weighted by Crippen LogP contribution is -2.50. The summed E-state index contributed by atoms with van der Waals surface area (Å²) in [6.07, 6.45) is 4.24. The van der Waals surface area contributed by atoms with Crippen LogP contribution in [0.4, 0.5) is 0 Å². The minimum Gasteiger partial charge on any atom is -0.497 e. The highest BCUT2D eigenvalue weighted by atomic mass is 16.6. The lowest BCUT2D eigenvalue weighted by molar-refractivity contribution is -0.151. The predicted octanol–water partition coefficient (Wildman–Crippen LogP) is 5.25. The molecule has 2 aliphatic rings. The van der Waals surface area contributed by atoms with E-state index in [1.54, 1.807) is 51.3 Å². The summed E-state index contributed by atoms with van der Waals surface area (Å²) in [5.74, 6) is -0.690. The van der Waals surface area contributed by atoms with Gasteiger partial charge in [0.15, 0.2) is 0 Å². The highest BCUT2D eigenvalue weighted by molar-refractivity contribution is 5.89. The van der Waals surface area contributed by atoms with Crippen LogP contribution in [0.15, 0.2) is 47.6 Å². The van der Waals surface area contributed by atoms with Gasteiger partial charge in [-0.3, -0.25) is 0 Å². The molecular weight excluding hydrogens is 432 g/mol. The fourth-order valence-electron chi connectivity index (χ4n) is 5.50. The molecule has 5 atom stereocenters. The predicted molar refractivity (Wildman–Crippen MR) is 131 cm³/mol. The Labute approximate surface area is 203 Å². The van der Waals surface area contributed by atoms with E-state index in [1.165, 1.54) is 0 Å². The zero-order chi connectivity index (χ0) is 25.3. The van der Waals surface area contributed by atoms with Crippen molar-refractivity contribution in [2.45, 2.75) is 78.6 Å². The van der Waals surface area contributed by atoms with E-state index in [2.05, 4.69) is 6.08 Å². The van der Waals surface area contributed by atoms with Gasteiger partial charge in [-0.05, 0) is 57.4 Å². The van der Waals surface area contributed by atoms with E-state index < -0.39 is 35.1 Å². The number of esters is 2. The smallest absolute Gasteiger partial charge is 0.338 e. The minimum absolute atomic E-state index is 0.121. The molecule has 1 aromatic rings. The number of hydrogen-bond acceptors (Lipinski definition) is 6. The van der Waals surface area contributed by atoms with Crippen molar-refractivity contribution in [3.05, 3.63) is 53.1 Å². The number of carbonyl (C=O) groups excluding carboxylic acids is 2. The highest BCUT2D eigenvalue weighted by Gasteiger charge is 2.65. The van der Waals surface area contributed by atoms with Gasteiger partial charge in [-0.1, -0.05) is 38.5 Å². The normalized spacial score (nSPS) is 31.4. The van der Waals surface area contributed by atoms with Gasteiger partial charge < -0.3 is 19.3 Å². The van der Waals surface area contributed by atoms with Gasteiger partial charge in [0.05, 0.1) is 18.3 Å². The molecule has 6 nitrogen and oxygen atoms in total. The van der Waals surface area contributed by atoms with Gasteiger partial charge in [0.1, 0.15) is 18.0 Å². The number of allylic oxidation sites excluding steroid dienone is 2. The summed E-state index contributed by atoms with van der Waals surface area (Å²) < 4.78 is 17.3. The summed E-state index contributed by atoms with van der Waals surface area (Å²) in [5.41, 5.74) is 0.288. The maximum absolute atomic E-state index is 13.1. The molecule has 6 heteroatoms. The summed E-state index contributed by atoms with van der Waals surface area (Å²) in [6, 6.07) is 6.79. The van der Waals surface area contributed by atoms with E-state index in [1.807, 2.05) is 27.7 Å². The van der Waals surface area contributed by atoms with Crippen LogP contribution in [-0.4, -0.2) is 42.0 Å². The maximum Gasteiger partial charge on any atom is 0.338 e. The van der Waals surface area contributed by atoms with E-state index in [0.717, 1.165) is 5.57 Å². The first-order valence-electron chi connectivity index (χ1n) is 12.0. The van der Waals surface area contributed by atoms with Gasteiger partial charge in [0, 0.05) is 29.7 Å². The van der Waals surface area contributed by atoms with Gasteiger partial charge in [-0.25, -0.2) is 9.59 Å². The fourth-order valence-corrected chi connectivity index (χ4v) is 5.50. The van der Waals surface area contributed by atoms with E-state index in [9.17, 15) is 14.7 Å². The summed E-state index contributed by atoms with van der Waals surface area (Å²) >= 11 is 0. The van der Waals surface area contributed by atoms with Crippen molar-refractivity contribution in [2.75, 3.05) is 7.11 Å². The van der Waals surface area contributed by atoms with Gasteiger partial charge in [-0.15, -0.1) is 0 Å². The molecule has 0 bridgehead atoms. The standard InChI is InChI=1S/C28H38O6/c1-8-19(5)25(29)34-23-16-28(31,17(2)3)24-22(15-18(4)13-14-27(23,24)6)33-26(30)20-9-11-21(32-7)12-10-20/h8-13,17,22-24,31H,14-16H2,1-7H3. The first-order chi connectivity index (χ1) is 16.0. The summed E-state index contributed by atoms with van der Waals surface area (Å²) in [5, 5.41) is 12.0. The Balaban J connectivity index is 1.99. The molecule has 0 amide bonds. The zero-order valence-electron chi connectivity index (χ0n) is 21.4. The van der Waals surface area contributed by atoms with Crippen molar-refractivity contribution in [2.24, 2.45) is 17.3 Å². The van der Waals surface area contributed by atoms with Gasteiger partial charge >= 0.3 is 11.9 Å². The average molecular weight is 471 g/mol. The molecule has 2 aliphatic carbocycles. The van der Waals surface area contributed by atoms with Crippen LogP contribution < -0.4 is 4.74 Å². The topological polar surface area (TPSA) is 82.1 Å². The van der Waals surface area contributed by atoms with Gasteiger partial charge in [-0.2, -0.15) is 0 Å². The van der Waals surface area contributed by atoms with E-state index in [4.69, 9.17) is 14.2 Å². The molecule has 1 saturated carbocycles. The third kappa shape index (κ3) is 4.78. The molecule has 0 saturated heterocycles. The summed E-state index contributed by atoms with van der Waals surface area (Å²) in [7, 11) is 1.57. The second kappa shape index (κ2) is 9.95. The van der Waals surface area contributed by atoms with Crippen LogP contribution in [-0.2, 0) is 14.3 Å². The highest BCUT2D eigenvalue weighted by Crippen LogP contribution is 2.59. The van der Waals surface area contributed by atoms with Crippen molar-refractivity contribution in [3.63, 3.8) is 0 Å². The molecule has 0 heterocycles. The first kappa shape index (κ1) is 26.0. The van der Waals surface area contributed by atoms with Crippen molar-refractivity contribution in [1.29, 1.82) is 0 Å². The molecule has 1 aromatic carbocycles. The Kier molecular flexibility index (Phi) is 7.61. The monoisotopic (exact) mass is 470 g/mol. The molecule has 0 aliphatic heterocycles. The molecule has 1 fully saturated rings. The largest absolute Gasteiger partial charge is 0.497 e. The van der Waals surface area contributed by atoms with Crippen LogP contribution >= 0.6 is 0 Å². The van der Waals surface area contributed by atoms with Crippen molar-refractivity contribution >= 4 is 11.9 Å². The number of aliphatic hydroxyl groups is 1. The number of methoxy groups -OCH3 is 1. The Hall–Kier alpha value is -2.60. The quantitative estimate of drug-likeness (QED) is 0.347. The molecule has 1 N–H and O–H groups in total. The molecule has 5 unspecified atom stereocenters. The first-order valence-corrected chi connectivity index (χ1v) is 12.0. The number of benzene rings is 1. The number of hydrogen-bond donors (Lipinski definition) is 1. The third-order valence-corrected chi connectivity index (χ3v) is 7.87. The van der Waals surface area contributed by atoms with E-state index in [0.29, 0.717) is 36.1 Å². The minimum atomic E-state index is -1.16.